The minimum atomic E-state index is -0.149. The van der Waals surface area contributed by atoms with Gasteiger partial charge in [-0.3, -0.25) is 9.13 Å². The second-order valence-corrected chi connectivity index (χ2v) is 6.42. The number of ether oxygens (including phenoxy) is 1. The van der Waals surface area contributed by atoms with Crippen molar-refractivity contribution in [1.29, 1.82) is 0 Å². The number of nitrogens with zero attached hydrogens (tertiary/aromatic N) is 6. The molecule has 0 atom stereocenters. The summed E-state index contributed by atoms with van der Waals surface area (Å²) in [4.78, 5) is 25.8. The van der Waals surface area contributed by atoms with E-state index in [0.29, 0.717) is 23.1 Å². The van der Waals surface area contributed by atoms with Crippen molar-refractivity contribution in [1.82, 2.24) is 28.7 Å². The molecule has 0 amide bonds. The molecule has 0 bridgehead atoms. The van der Waals surface area contributed by atoms with Gasteiger partial charge >= 0.3 is 11.7 Å². The topological polar surface area (TPSA) is 79.8 Å². The number of benzene rings is 1. The highest BCUT2D eigenvalue weighted by Crippen LogP contribution is 2.25. The number of aromatic nitrogens is 6. The summed E-state index contributed by atoms with van der Waals surface area (Å²) in [5, 5.41) is 0. The third-order valence-electron chi connectivity index (χ3n) is 4.71. The predicted octanol–water partition coefficient (Wildman–Crippen LogP) is 2.80. The fourth-order valence-corrected chi connectivity index (χ4v) is 3.26. The molecule has 0 saturated heterocycles. The van der Waals surface area contributed by atoms with E-state index < -0.39 is 0 Å². The van der Waals surface area contributed by atoms with Gasteiger partial charge in [0.2, 0.25) is 0 Å². The van der Waals surface area contributed by atoms with Crippen LogP contribution < -0.4 is 10.4 Å². The molecule has 138 valence electrons. The standard InChI is InChI=1S/C20H16N6O2/c1-24-16-6-4-12-22-18(16)26(20(24)27)13-7-9-14(10-8-13)28-19-23-15-5-3-11-21-17(15)25(19)2/h3-12H,1-2H3. The minimum absolute atomic E-state index is 0.149. The van der Waals surface area contributed by atoms with E-state index in [1.807, 2.05) is 43.4 Å². The van der Waals surface area contributed by atoms with E-state index in [1.54, 1.807) is 45.3 Å². The molecule has 0 unspecified atom stereocenters. The number of fused-ring (bicyclic) bond motifs is 2. The van der Waals surface area contributed by atoms with Crippen molar-refractivity contribution in [2.45, 2.75) is 0 Å². The average molecular weight is 372 g/mol. The minimum Gasteiger partial charge on any atom is -0.425 e. The number of imidazole rings is 2. The van der Waals surface area contributed by atoms with Crippen LogP contribution in [-0.4, -0.2) is 28.7 Å². The van der Waals surface area contributed by atoms with Gasteiger partial charge in [0.15, 0.2) is 11.3 Å². The number of rotatable bonds is 3. The van der Waals surface area contributed by atoms with E-state index in [9.17, 15) is 4.79 Å². The summed E-state index contributed by atoms with van der Waals surface area (Å²) in [6.45, 7) is 0. The first-order chi connectivity index (χ1) is 13.6. The van der Waals surface area contributed by atoms with Crippen LogP contribution in [0.4, 0.5) is 0 Å². The fraction of sp³-hybridized carbons (Fsp3) is 0.100. The summed E-state index contributed by atoms with van der Waals surface area (Å²) in [6.07, 6.45) is 3.40. The van der Waals surface area contributed by atoms with Gasteiger partial charge in [-0.05, 0) is 48.5 Å². The summed E-state index contributed by atoms with van der Waals surface area (Å²) < 4.78 is 10.9. The van der Waals surface area contributed by atoms with Crippen LogP contribution in [-0.2, 0) is 14.1 Å². The lowest BCUT2D eigenvalue weighted by molar-refractivity contribution is 0.427. The normalized spacial score (nSPS) is 11.4. The molecular formula is C20H16N6O2. The monoisotopic (exact) mass is 372 g/mol. The van der Waals surface area contributed by atoms with Crippen LogP contribution in [0.1, 0.15) is 0 Å². The van der Waals surface area contributed by atoms with E-state index in [-0.39, 0.29) is 5.69 Å². The van der Waals surface area contributed by atoms with Gasteiger partial charge < -0.3 is 4.74 Å². The quantitative estimate of drug-likeness (QED) is 0.487. The van der Waals surface area contributed by atoms with Gasteiger partial charge in [-0.25, -0.2) is 19.3 Å². The number of aryl methyl sites for hydroxylation is 2. The first-order valence-electron chi connectivity index (χ1n) is 8.71. The summed E-state index contributed by atoms with van der Waals surface area (Å²) in [5.41, 5.74) is 3.48. The Bertz CT molecular complexity index is 1380. The molecule has 5 aromatic rings. The van der Waals surface area contributed by atoms with Crippen LogP contribution in [0, 0.1) is 0 Å². The summed E-state index contributed by atoms with van der Waals surface area (Å²) >= 11 is 0. The molecule has 28 heavy (non-hydrogen) atoms. The Labute approximate surface area is 159 Å². The second kappa shape index (κ2) is 6.05. The molecule has 0 aliphatic heterocycles. The zero-order chi connectivity index (χ0) is 19.3. The number of pyridine rings is 2. The zero-order valence-corrected chi connectivity index (χ0v) is 15.3. The van der Waals surface area contributed by atoms with E-state index >= 15 is 0 Å². The SMILES string of the molecule is Cn1c(Oc2ccc(-n3c(=O)n(C)c4cccnc43)cc2)nc2cccnc21. The molecule has 0 aliphatic carbocycles. The number of hydrogen-bond donors (Lipinski definition) is 0. The van der Waals surface area contributed by atoms with Gasteiger partial charge in [-0.1, -0.05) is 0 Å². The molecule has 4 heterocycles. The Morgan fingerprint density at radius 1 is 0.857 bits per heavy atom. The molecule has 1 aromatic carbocycles. The zero-order valence-electron chi connectivity index (χ0n) is 15.3. The van der Waals surface area contributed by atoms with Crippen molar-refractivity contribution >= 4 is 22.3 Å². The van der Waals surface area contributed by atoms with Gasteiger partial charge in [-0.15, -0.1) is 0 Å². The molecule has 5 rings (SSSR count). The maximum Gasteiger partial charge on any atom is 0.334 e. The highest BCUT2D eigenvalue weighted by Gasteiger charge is 2.14. The van der Waals surface area contributed by atoms with Crippen LogP contribution in [0.2, 0.25) is 0 Å². The first kappa shape index (κ1) is 16.2. The van der Waals surface area contributed by atoms with Crippen LogP contribution in [0.5, 0.6) is 11.8 Å². The van der Waals surface area contributed by atoms with Crippen molar-refractivity contribution in [3.05, 3.63) is 71.4 Å². The Balaban J connectivity index is 1.52. The van der Waals surface area contributed by atoms with Gasteiger partial charge in [0.25, 0.3) is 0 Å². The maximum atomic E-state index is 12.6. The molecule has 0 fully saturated rings. The maximum absolute atomic E-state index is 12.6. The molecule has 0 spiro atoms. The summed E-state index contributed by atoms with van der Waals surface area (Å²) in [5.74, 6) is 0.614. The van der Waals surface area contributed by atoms with Crippen LogP contribution in [0.3, 0.4) is 0 Å². The highest BCUT2D eigenvalue weighted by molar-refractivity contribution is 5.74. The molecule has 0 saturated carbocycles. The fourth-order valence-electron chi connectivity index (χ4n) is 3.26. The Morgan fingerprint density at radius 3 is 2.32 bits per heavy atom. The lowest BCUT2D eigenvalue weighted by Crippen LogP contribution is -2.20. The largest absolute Gasteiger partial charge is 0.425 e. The van der Waals surface area contributed by atoms with Crippen molar-refractivity contribution in [2.24, 2.45) is 14.1 Å². The lowest BCUT2D eigenvalue weighted by Gasteiger charge is -2.07. The van der Waals surface area contributed by atoms with Gasteiger partial charge in [0.05, 0.1) is 11.2 Å². The van der Waals surface area contributed by atoms with Crippen molar-refractivity contribution in [3.63, 3.8) is 0 Å². The molecule has 0 N–H and O–H groups in total. The molecule has 0 aliphatic rings. The molecule has 8 nitrogen and oxygen atoms in total. The smallest absolute Gasteiger partial charge is 0.334 e. The van der Waals surface area contributed by atoms with Crippen molar-refractivity contribution in [2.75, 3.05) is 0 Å². The van der Waals surface area contributed by atoms with E-state index in [2.05, 4.69) is 15.0 Å². The van der Waals surface area contributed by atoms with E-state index in [0.717, 1.165) is 16.7 Å². The van der Waals surface area contributed by atoms with Gasteiger partial charge in [-0.2, -0.15) is 4.98 Å². The predicted molar refractivity (Wildman–Crippen MR) is 105 cm³/mol. The Kier molecular flexibility index (Phi) is 3.51. The Hall–Kier alpha value is -3.94. The molecule has 4 aromatic heterocycles. The molecule has 0 radical (unpaired) electrons. The van der Waals surface area contributed by atoms with E-state index in [1.165, 1.54) is 0 Å². The summed E-state index contributed by atoms with van der Waals surface area (Å²) in [7, 11) is 3.59. The summed E-state index contributed by atoms with van der Waals surface area (Å²) in [6, 6.07) is 15.1. The van der Waals surface area contributed by atoms with Crippen molar-refractivity contribution < 1.29 is 4.74 Å². The van der Waals surface area contributed by atoms with E-state index in [4.69, 9.17) is 4.74 Å². The third-order valence-corrected chi connectivity index (χ3v) is 4.71. The number of hydrogen-bond acceptors (Lipinski definition) is 5. The lowest BCUT2D eigenvalue weighted by atomic mass is 10.3. The highest BCUT2D eigenvalue weighted by atomic mass is 16.5. The van der Waals surface area contributed by atoms with Crippen LogP contribution in [0.25, 0.3) is 28.0 Å². The Morgan fingerprint density at radius 2 is 1.57 bits per heavy atom. The third kappa shape index (κ3) is 2.38. The second-order valence-electron chi connectivity index (χ2n) is 6.42. The van der Waals surface area contributed by atoms with Crippen LogP contribution >= 0.6 is 0 Å². The van der Waals surface area contributed by atoms with Crippen molar-refractivity contribution in [3.8, 4) is 17.4 Å². The molecule has 8 heteroatoms. The van der Waals surface area contributed by atoms with Crippen LogP contribution in [0.15, 0.2) is 65.7 Å². The van der Waals surface area contributed by atoms with Gasteiger partial charge in [0, 0.05) is 26.5 Å². The first-order valence-corrected chi connectivity index (χ1v) is 8.71. The molecular weight excluding hydrogens is 356 g/mol. The average Bonchev–Trinajstić information content (AvgIpc) is 3.17. The van der Waals surface area contributed by atoms with Gasteiger partial charge in [0.1, 0.15) is 11.3 Å².